The van der Waals surface area contributed by atoms with Crippen LogP contribution in [-0.4, -0.2) is 36.1 Å². The maximum Gasteiger partial charge on any atom is 0.574 e. The molecule has 1 aromatic heterocycles. The molecule has 112 valence electrons. The van der Waals surface area contributed by atoms with E-state index in [0.717, 1.165) is 13.2 Å². The number of nitrogens with zero attached hydrogens (tertiary/aromatic N) is 1. The Morgan fingerprint density at radius 2 is 2.05 bits per heavy atom. The quantitative estimate of drug-likeness (QED) is 0.835. The molecule has 0 atom stereocenters. The number of pyridine rings is 1. The lowest BCUT2D eigenvalue weighted by Gasteiger charge is -2.13. The van der Waals surface area contributed by atoms with Crippen LogP contribution in [0.4, 0.5) is 13.2 Å². The highest BCUT2D eigenvalue weighted by Crippen LogP contribution is 2.33. The summed E-state index contributed by atoms with van der Waals surface area (Å²) < 4.78 is 49.2. The third-order valence-corrected chi connectivity index (χ3v) is 2.05. The summed E-state index contributed by atoms with van der Waals surface area (Å²) in [5, 5.41) is 9.42. The van der Waals surface area contributed by atoms with Crippen molar-refractivity contribution in [1.29, 1.82) is 0 Å². The van der Waals surface area contributed by atoms with Gasteiger partial charge in [-0.25, -0.2) is 0 Å². The van der Waals surface area contributed by atoms with Gasteiger partial charge in [0, 0.05) is 5.56 Å². The Kier molecular flexibility index (Phi) is 5.00. The third-order valence-electron chi connectivity index (χ3n) is 2.05. The highest BCUT2D eigenvalue weighted by molar-refractivity contribution is 5.73. The lowest BCUT2D eigenvalue weighted by atomic mass is 10.2. The van der Waals surface area contributed by atoms with E-state index in [0.29, 0.717) is 0 Å². The fourth-order valence-electron chi connectivity index (χ4n) is 1.37. The van der Waals surface area contributed by atoms with Crippen molar-refractivity contribution in [1.82, 2.24) is 4.98 Å². The minimum absolute atomic E-state index is 0.0815. The summed E-state index contributed by atoms with van der Waals surface area (Å²) in [4.78, 5) is 14.7. The number of halogens is 3. The predicted molar refractivity (Wildman–Crippen MR) is 59.5 cm³/mol. The Labute approximate surface area is 112 Å². The molecule has 0 aliphatic heterocycles. The van der Waals surface area contributed by atoms with E-state index in [1.54, 1.807) is 6.92 Å². The number of carbonyl (C=O) groups excluding carboxylic acids is 1. The van der Waals surface area contributed by atoms with Crippen LogP contribution in [-0.2, 0) is 16.0 Å². The monoisotopic (exact) mass is 295 g/mol. The second kappa shape index (κ2) is 6.31. The minimum atomic E-state index is -5.00. The van der Waals surface area contributed by atoms with Gasteiger partial charge in [0.15, 0.2) is 5.75 Å². The van der Waals surface area contributed by atoms with Crippen molar-refractivity contribution in [3.8, 4) is 17.5 Å². The molecule has 0 saturated heterocycles. The van der Waals surface area contributed by atoms with Crippen molar-refractivity contribution >= 4 is 5.97 Å². The van der Waals surface area contributed by atoms with Crippen molar-refractivity contribution < 1.29 is 37.3 Å². The Morgan fingerprint density at radius 3 is 2.55 bits per heavy atom. The summed E-state index contributed by atoms with van der Waals surface area (Å²) in [7, 11) is 1.16. The summed E-state index contributed by atoms with van der Waals surface area (Å²) in [5.74, 6) is -2.81. The zero-order valence-corrected chi connectivity index (χ0v) is 10.7. The van der Waals surface area contributed by atoms with Gasteiger partial charge in [0.05, 0.1) is 20.1 Å². The molecule has 0 aromatic carbocycles. The largest absolute Gasteiger partial charge is 0.574 e. The van der Waals surface area contributed by atoms with Gasteiger partial charge in [-0.1, -0.05) is 0 Å². The second-order valence-corrected chi connectivity index (χ2v) is 3.51. The van der Waals surface area contributed by atoms with Crippen molar-refractivity contribution in [2.24, 2.45) is 0 Å². The number of carbonyl (C=O) groups is 1. The number of rotatable bonds is 5. The van der Waals surface area contributed by atoms with Crippen LogP contribution >= 0.6 is 0 Å². The summed E-state index contributed by atoms with van der Waals surface area (Å²) in [5.41, 5.74) is 0.0815. The molecular formula is C11H12F3NO5. The van der Waals surface area contributed by atoms with E-state index >= 15 is 0 Å². The summed E-state index contributed by atoms with van der Waals surface area (Å²) in [6.07, 6.45) is -5.30. The van der Waals surface area contributed by atoms with Gasteiger partial charge in [-0.2, -0.15) is 4.98 Å². The number of alkyl halides is 3. The SMILES string of the molecule is CCOC(=O)Cc1cc(O)c(OC(F)(F)F)nc1OC. The summed E-state index contributed by atoms with van der Waals surface area (Å²) in [6, 6.07) is 0.907. The first-order chi connectivity index (χ1) is 9.26. The van der Waals surface area contributed by atoms with E-state index in [9.17, 15) is 23.1 Å². The zero-order chi connectivity index (χ0) is 15.3. The van der Waals surface area contributed by atoms with Crippen LogP contribution in [0, 0.1) is 0 Å². The maximum atomic E-state index is 12.1. The van der Waals surface area contributed by atoms with Crippen LogP contribution in [0.2, 0.25) is 0 Å². The molecule has 0 aliphatic carbocycles. The standard InChI is InChI=1S/C11H12F3NO5/c1-3-19-8(17)5-6-4-7(16)10(15-9(6)18-2)20-11(12,13)14/h4,16H,3,5H2,1-2H3. The molecule has 9 heteroatoms. The average molecular weight is 295 g/mol. The van der Waals surface area contributed by atoms with Crippen molar-refractivity contribution in [2.75, 3.05) is 13.7 Å². The second-order valence-electron chi connectivity index (χ2n) is 3.51. The zero-order valence-electron chi connectivity index (χ0n) is 10.7. The van der Waals surface area contributed by atoms with Gasteiger partial charge in [-0.3, -0.25) is 4.79 Å². The van der Waals surface area contributed by atoms with Crippen LogP contribution < -0.4 is 9.47 Å². The van der Waals surface area contributed by atoms with E-state index in [1.807, 2.05) is 0 Å². The molecule has 0 saturated carbocycles. The Morgan fingerprint density at radius 1 is 1.40 bits per heavy atom. The van der Waals surface area contributed by atoms with E-state index in [-0.39, 0.29) is 24.5 Å². The van der Waals surface area contributed by atoms with E-state index in [1.165, 1.54) is 0 Å². The molecule has 6 nitrogen and oxygen atoms in total. The molecule has 0 radical (unpaired) electrons. The number of methoxy groups -OCH3 is 1. The van der Waals surface area contributed by atoms with Crippen LogP contribution in [0.15, 0.2) is 6.07 Å². The molecule has 20 heavy (non-hydrogen) atoms. The van der Waals surface area contributed by atoms with Gasteiger partial charge in [-0.15, -0.1) is 13.2 Å². The van der Waals surface area contributed by atoms with Gasteiger partial charge in [0.2, 0.25) is 5.88 Å². The first-order valence-corrected chi connectivity index (χ1v) is 5.45. The molecule has 1 aromatic rings. The van der Waals surface area contributed by atoms with Crippen molar-refractivity contribution in [3.05, 3.63) is 11.6 Å². The number of aromatic hydroxyl groups is 1. The molecule has 0 spiro atoms. The first kappa shape index (κ1) is 15.9. The smallest absolute Gasteiger partial charge is 0.503 e. The molecule has 1 N–H and O–H groups in total. The maximum absolute atomic E-state index is 12.1. The van der Waals surface area contributed by atoms with Crippen molar-refractivity contribution in [3.63, 3.8) is 0 Å². The number of hydrogen-bond acceptors (Lipinski definition) is 6. The summed E-state index contributed by atoms with van der Waals surface area (Å²) >= 11 is 0. The molecular weight excluding hydrogens is 283 g/mol. The minimum Gasteiger partial charge on any atom is -0.503 e. The lowest BCUT2D eigenvalue weighted by molar-refractivity contribution is -0.276. The lowest BCUT2D eigenvalue weighted by Crippen LogP contribution is -2.18. The molecule has 0 fully saturated rings. The van der Waals surface area contributed by atoms with E-state index in [4.69, 9.17) is 4.74 Å². The van der Waals surface area contributed by atoms with E-state index < -0.39 is 24.0 Å². The third kappa shape index (κ3) is 4.48. The molecule has 0 aliphatic rings. The van der Waals surface area contributed by atoms with Crippen LogP contribution in [0.1, 0.15) is 12.5 Å². The van der Waals surface area contributed by atoms with Crippen LogP contribution in [0.3, 0.4) is 0 Å². The number of esters is 1. The van der Waals surface area contributed by atoms with Crippen LogP contribution in [0.25, 0.3) is 0 Å². The van der Waals surface area contributed by atoms with Gasteiger partial charge in [-0.05, 0) is 13.0 Å². The van der Waals surface area contributed by atoms with Crippen molar-refractivity contribution in [2.45, 2.75) is 19.7 Å². The average Bonchev–Trinajstić information content (AvgIpc) is 2.31. The normalized spacial score (nSPS) is 11.1. The molecule has 1 heterocycles. The van der Waals surface area contributed by atoms with Gasteiger partial charge in [0.25, 0.3) is 5.88 Å². The Hall–Kier alpha value is -2.19. The van der Waals surface area contributed by atoms with Gasteiger partial charge in [0.1, 0.15) is 0 Å². The number of ether oxygens (including phenoxy) is 3. The van der Waals surface area contributed by atoms with Gasteiger partial charge < -0.3 is 19.3 Å². The van der Waals surface area contributed by atoms with Crippen LogP contribution in [0.5, 0.6) is 17.5 Å². The highest BCUT2D eigenvalue weighted by Gasteiger charge is 2.33. The van der Waals surface area contributed by atoms with Gasteiger partial charge >= 0.3 is 12.3 Å². The fraction of sp³-hybridized carbons (Fsp3) is 0.455. The molecule has 1 rings (SSSR count). The number of aromatic nitrogens is 1. The molecule has 0 bridgehead atoms. The molecule has 0 amide bonds. The first-order valence-electron chi connectivity index (χ1n) is 5.45. The van der Waals surface area contributed by atoms with E-state index in [2.05, 4.69) is 14.5 Å². The number of hydrogen-bond donors (Lipinski definition) is 1. The summed E-state index contributed by atoms with van der Waals surface area (Å²) in [6.45, 7) is 1.75. The fourth-order valence-corrected chi connectivity index (χ4v) is 1.37. The topological polar surface area (TPSA) is 77.9 Å². The molecule has 0 unspecified atom stereocenters. The Bertz CT molecular complexity index is 490. The highest BCUT2D eigenvalue weighted by atomic mass is 19.4. The Balaban J connectivity index is 3.04. The predicted octanol–water partition coefficient (Wildman–Crippen LogP) is 1.80.